The first-order valence-electron chi connectivity index (χ1n) is 5.86. The molecule has 0 saturated heterocycles. The molecule has 0 heterocycles. The van der Waals surface area contributed by atoms with Crippen LogP contribution in [0.1, 0.15) is 34.8 Å². The third-order valence-corrected chi connectivity index (χ3v) is 4.65. The van der Waals surface area contributed by atoms with Crippen molar-refractivity contribution in [2.75, 3.05) is 0 Å². The number of carboxylic acids is 1. The molecule has 0 aromatic heterocycles. The summed E-state index contributed by atoms with van der Waals surface area (Å²) >= 11 is 0. The first-order chi connectivity index (χ1) is 8.86. The molecule has 0 saturated carbocycles. The van der Waals surface area contributed by atoms with Gasteiger partial charge >= 0.3 is 5.97 Å². The van der Waals surface area contributed by atoms with Gasteiger partial charge in [-0.25, -0.2) is 0 Å². The van der Waals surface area contributed by atoms with Gasteiger partial charge in [0.05, 0.1) is 0 Å². The molecule has 0 aliphatic heterocycles. The summed E-state index contributed by atoms with van der Waals surface area (Å²) in [5.74, 6) is -1.41. The van der Waals surface area contributed by atoms with Gasteiger partial charge in [0.15, 0.2) is 0 Å². The SMILES string of the molecule is CCC(C(=O)O)S(=O)Cc1ccc(C(N)=O)cc1C. The zero-order valence-corrected chi connectivity index (χ0v) is 11.7. The molecule has 6 heteroatoms. The quantitative estimate of drug-likeness (QED) is 0.819. The minimum Gasteiger partial charge on any atom is -0.480 e. The summed E-state index contributed by atoms with van der Waals surface area (Å²) in [5, 5.41) is 8.09. The van der Waals surface area contributed by atoms with Gasteiger partial charge in [0.25, 0.3) is 0 Å². The molecule has 104 valence electrons. The van der Waals surface area contributed by atoms with E-state index in [9.17, 15) is 13.8 Å². The van der Waals surface area contributed by atoms with Crippen molar-refractivity contribution in [2.24, 2.45) is 5.73 Å². The van der Waals surface area contributed by atoms with Crippen LogP contribution >= 0.6 is 0 Å². The topological polar surface area (TPSA) is 97.5 Å². The molecule has 0 radical (unpaired) electrons. The molecule has 1 amide bonds. The summed E-state index contributed by atoms with van der Waals surface area (Å²) in [6, 6.07) is 4.85. The van der Waals surface area contributed by atoms with Crippen molar-refractivity contribution in [1.82, 2.24) is 0 Å². The Morgan fingerprint density at radius 3 is 2.47 bits per heavy atom. The van der Waals surface area contributed by atoms with E-state index >= 15 is 0 Å². The summed E-state index contributed by atoms with van der Waals surface area (Å²) in [6.07, 6.45) is 0.320. The Kier molecular flexibility index (Phi) is 5.23. The average molecular weight is 283 g/mol. The normalized spacial score (nSPS) is 13.8. The highest BCUT2D eigenvalue weighted by atomic mass is 32.2. The van der Waals surface area contributed by atoms with E-state index in [2.05, 4.69) is 0 Å². The second-order valence-electron chi connectivity index (χ2n) is 4.27. The number of hydrogen-bond donors (Lipinski definition) is 2. The summed E-state index contributed by atoms with van der Waals surface area (Å²) < 4.78 is 12.0. The van der Waals surface area contributed by atoms with Gasteiger partial charge in [0.2, 0.25) is 5.91 Å². The molecule has 0 spiro atoms. The Morgan fingerprint density at radius 2 is 2.05 bits per heavy atom. The van der Waals surface area contributed by atoms with Crippen LogP contribution in [0.15, 0.2) is 18.2 Å². The van der Waals surface area contributed by atoms with E-state index in [1.807, 2.05) is 0 Å². The molecule has 19 heavy (non-hydrogen) atoms. The molecule has 5 nitrogen and oxygen atoms in total. The smallest absolute Gasteiger partial charge is 0.319 e. The second-order valence-corrected chi connectivity index (χ2v) is 5.88. The number of nitrogens with two attached hydrogens (primary N) is 1. The summed E-state index contributed by atoms with van der Waals surface area (Å²) in [7, 11) is -1.48. The number of aliphatic carboxylic acids is 1. The van der Waals surface area contributed by atoms with Crippen molar-refractivity contribution in [2.45, 2.75) is 31.3 Å². The summed E-state index contributed by atoms with van der Waals surface area (Å²) in [5.41, 5.74) is 7.10. The van der Waals surface area contributed by atoms with Gasteiger partial charge in [0, 0.05) is 22.1 Å². The van der Waals surface area contributed by atoms with Crippen molar-refractivity contribution in [3.8, 4) is 0 Å². The monoisotopic (exact) mass is 283 g/mol. The van der Waals surface area contributed by atoms with Gasteiger partial charge in [-0.15, -0.1) is 0 Å². The molecule has 1 aromatic rings. The zero-order chi connectivity index (χ0) is 14.6. The predicted octanol–water partition coefficient (Wildman–Crippen LogP) is 1.21. The van der Waals surface area contributed by atoms with Crippen LogP contribution in [0.5, 0.6) is 0 Å². The minimum atomic E-state index is -1.48. The van der Waals surface area contributed by atoms with Crippen molar-refractivity contribution < 1.29 is 18.9 Å². The van der Waals surface area contributed by atoms with E-state index in [4.69, 9.17) is 10.8 Å². The van der Waals surface area contributed by atoms with Gasteiger partial charge in [-0.3, -0.25) is 13.8 Å². The number of carboxylic acid groups (broad SMARTS) is 1. The standard InChI is InChI=1S/C13H17NO4S/c1-3-11(13(16)17)19(18)7-10-5-4-9(12(14)15)6-8(10)2/h4-6,11H,3,7H2,1-2H3,(H2,14,15)(H,16,17). The van der Waals surface area contributed by atoms with Crippen molar-refractivity contribution >= 4 is 22.7 Å². The highest BCUT2D eigenvalue weighted by molar-refractivity contribution is 7.85. The number of carbonyl (C=O) groups excluding carboxylic acids is 1. The lowest BCUT2D eigenvalue weighted by atomic mass is 10.1. The van der Waals surface area contributed by atoms with E-state index in [1.54, 1.807) is 32.0 Å². The van der Waals surface area contributed by atoms with Gasteiger partial charge < -0.3 is 10.8 Å². The molecule has 1 rings (SSSR count). The molecule has 1 aromatic carbocycles. The van der Waals surface area contributed by atoms with Crippen molar-refractivity contribution in [3.63, 3.8) is 0 Å². The lowest BCUT2D eigenvalue weighted by Gasteiger charge is -2.11. The maximum absolute atomic E-state index is 12.0. The molecule has 0 aliphatic rings. The number of primary amides is 1. The van der Waals surface area contributed by atoms with Gasteiger partial charge in [-0.05, 0) is 36.6 Å². The molecule has 2 unspecified atom stereocenters. The third kappa shape index (κ3) is 3.89. The van der Waals surface area contributed by atoms with Crippen LogP contribution < -0.4 is 5.73 Å². The number of rotatable bonds is 6. The number of hydrogen-bond acceptors (Lipinski definition) is 3. The van der Waals surface area contributed by atoms with Crippen LogP contribution in [0.4, 0.5) is 0 Å². The fourth-order valence-electron chi connectivity index (χ4n) is 1.74. The lowest BCUT2D eigenvalue weighted by Crippen LogP contribution is -2.25. The molecular weight excluding hydrogens is 266 g/mol. The first-order valence-corrected chi connectivity index (χ1v) is 7.24. The van der Waals surface area contributed by atoms with E-state index < -0.39 is 27.9 Å². The second kappa shape index (κ2) is 6.47. The molecule has 3 N–H and O–H groups in total. The van der Waals surface area contributed by atoms with E-state index in [1.165, 1.54) is 0 Å². The Balaban J connectivity index is 2.91. The van der Waals surface area contributed by atoms with Crippen LogP contribution in [-0.4, -0.2) is 26.4 Å². The Morgan fingerprint density at radius 1 is 1.42 bits per heavy atom. The van der Waals surface area contributed by atoms with E-state index in [-0.39, 0.29) is 5.75 Å². The predicted molar refractivity (Wildman–Crippen MR) is 73.3 cm³/mol. The molecular formula is C13H17NO4S. The molecule has 0 fully saturated rings. The fourth-order valence-corrected chi connectivity index (χ4v) is 3.17. The average Bonchev–Trinajstić information content (AvgIpc) is 2.31. The molecule has 2 atom stereocenters. The lowest BCUT2D eigenvalue weighted by molar-refractivity contribution is -0.136. The number of carbonyl (C=O) groups is 2. The minimum absolute atomic E-state index is 0.162. The van der Waals surface area contributed by atoms with E-state index in [0.29, 0.717) is 12.0 Å². The van der Waals surface area contributed by atoms with Gasteiger partial charge in [0.1, 0.15) is 5.25 Å². The van der Waals surface area contributed by atoms with Crippen molar-refractivity contribution in [1.29, 1.82) is 0 Å². The van der Waals surface area contributed by atoms with E-state index in [0.717, 1.165) is 11.1 Å². The maximum atomic E-state index is 12.0. The Hall–Kier alpha value is -1.69. The molecule has 0 aliphatic carbocycles. The fraction of sp³-hybridized carbons (Fsp3) is 0.385. The summed E-state index contributed by atoms with van der Waals surface area (Å²) in [4.78, 5) is 22.0. The number of aryl methyl sites for hydroxylation is 1. The highest BCUT2D eigenvalue weighted by Crippen LogP contribution is 2.16. The number of benzene rings is 1. The van der Waals surface area contributed by atoms with Crippen LogP contribution in [0.3, 0.4) is 0 Å². The third-order valence-electron chi connectivity index (χ3n) is 2.89. The summed E-state index contributed by atoms with van der Waals surface area (Å²) in [6.45, 7) is 3.47. The first kappa shape index (κ1) is 15.4. The largest absolute Gasteiger partial charge is 0.480 e. The maximum Gasteiger partial charge on any atom is 0.319 e. The molecule has 0 bridgehead atoms. The van der Waals surface area contributed by atoms with Crippen molar-refractivity contribution in [3.05, 3.63) is 34.9 Å². The Labute approximate surface area is 114 Å². The van der Waals surface area contributed by atoms with Gasteiger partial charge in [-0.2, -0.15) is 0 Å². The van der Waals surface area contributed by atoms with Crippen LogP contribution in [0.2, 0.25) is 0 Å². The Bertz CT molecular complexity index is 527. The number of amides is 1. The highest BCUT2D eigenvalue weighted by Gasteiger charge is 2.23. The van der Waals surface area contributed by atoms with Gasteiger partial charge in [-0.1, -0.05) is 13.0 Å². The van der Waals surface area contributed by atoms with Crippen LogP contribution in [0, 0.1) is 6.92 Å². The van der Waals surface area contributed by atoms with Crippen LogP contribution in [-0.2, 0) is 21.3 Å². The zero-order valence-electron chi connectivity index (χ0n) is 10.9. The van der Waals surface area contributed by atoms with Crippen LogP contribution in [0.25, 0.3) is 0 Å².